The number of rotatable bonds is 16. The molecule has 3 amide bonds. The minimum absolute atomic E-state index is 0.000719. The highest BCUT2D eigenvalue weighted by Gasteiger charge is 2.46. The molecule has 3 aromatic carbocycles. The summed E-state index contributed by atoms with van der Waals surface area (Å²) in [7, 11) is 0. The molecule has 121 heavy (non-hydrogen) atoms. The van der Waals surface area contributed by atoms with Gasteiger partial charge < -0.3 is 39.6 Å². The minimum atomic E-state index is -0.718. The average Bonchev–Trinajstić information content (AvgIpc) is 1.72. The van der Waals surface area contributed by atoms with Crippen molar-refractivity contribution in [2.24, 2.45) is 0 Å². The number of phenols is 2. The number of carbonyl (C=O) groups is 3. The molecule has 0 radical (unpaired) electrons. The van der Waals surface area contributed by atoms with Gasteiger partial charge in [-0.1, -0.05) is 107 Å². The van der Waals surface area contributed by atoms with Crippen molar-refractivity contribution in [1.82, 2.24) is 83.0 Å². The molecule has 17 rings (SSSR count). The smallest absolute Gasteiger partial charge is 0.357 e. The Labute approximate surface area is 706 Å². The van der Waals surface area contributed by atoms with Crippen LogP contribution in [0.1, 0.15) is 102 Å². The number of aromatic hydroxyl groups is 2. The van der Waals surface area contributed by atoms with Gasteiger partial charge in [0.2, 0.25) is 17.7 Å². The van der Waals surface area contributed by atoms with Gasteiger partial charge in [-0.15, -0.1) is 0 Å². The summed E-state index contributed by atoms with van der Waals surface area (Å²) in [6, 6.07) is 22.3. The summed E-state index contributed by atoms with van der Waals surface area (Å²) in [5, 5.41) is 27.4. The zero-order chi connectivity index (χ0) is 85.8. The molecule has 0 unspecified atom stereocenters. The first-order valence-corrected chi connectivity index (χ1v) is 40.8. The van der Waals surface area contributed by atoms with Gasteiger partial charge in [0, 0.05) is 82.3 Å². The van der Waals surface area contributed by atoms with E-state index in [0.717, 1.165) is 36.9 Å². The zero-order valence-electron chi connectivity index (χ0n) is 67.2. The van der Waals surface area contributed by atoms with E-state index in [1.54, 1.807) is 69.3 Å². The van der Waals surface area contributed by atoms with Crippen LogP contribution in [-0.2, 0) is 27.2 Å². The molecular weight excluding hydrogens is 1620 g/mol. The Balaban J connectivity index is 0.000000141. The highest BCUT2D eigenvalue weighted by molar-refractivity contribution is 6.35. The van der Waals surface area contributed by atoms with Gasteiger partial charge in [0.1, 0.15) is 58.5 Å². The number of fused-ring (bicyclic) bond motifs is 5. The van der Waals surface area contributed by atoms with Crippen molar-refractivity contribution in [3.8, 4) is 62.5 Å². The quantitative estimate of drug-likeness (QED) is 0.0849. The number of piperazine rings is 3. The second-order valence-electron chi connectivity index (χ2n) is 30.5. The van der Waals surface area contributed by atoms with Gasteiger partial charge in [0.25, 0.3) is 0 Å². The highest BCUT2D eigenvalue weighted by Crippen LogP contribution is 2.45. The van der Waals surface area contributed by atoms with Gasteiger partial charge in [-0.25, -0.2) is 70.9 Å². The first-order chi connectivity index (χ1) is 58.2. The number of anilines is 3. The Hall–Kier alpha value is -12.7. The number of aryl methyl sites for hydroxylation is 3. The van der Waals surface area contributed by atoms with Crippen LogP contribution in [0, 0.1) is 24.4 Å². The summed E-state index contributed by atoms with van der Waals surface area (Å²) in [5.41, 5.74) is 2.91. The van der Waals surface area contributed by atoms with Crippen LogP contribution < -0.4 is 31.8 Å². The Morgan fingerprint density at radius 1 is 0.537 bits per heavy atom. The maximum Gasteiger partial charge on any atom is 0.357 e. The highest BCUT2D eigenvalue weighted by atomic mass is 35.5. The Kier molecular flexibility index (Phi) is 23.5. The number of pyridine rings is 4. The lowest BCUT2D eigenvalue weighted by Gasteiger charge is -2.40. The number of halogens is 6. The number of benzene rings is 3. The normalized spacial score (nSPS) is 17.1. The van der Waals surface area contributed by atoms with Crippen LogP contribution in [0.15, 0.2) is 162 Å². The van der Waals surface area contributed by atoms with E-state index < -0.39 is 34.5 Å². The van der Waals surface area contributed by atoms with E-state index in [1.807, 2.05) is 69.2 Å². The number of nitrogens with zero attached hydrogens (tertiary/aromatic N) is 20. The predicted molar refractivity (Wildman–Crippen MR) is 458 cm³/mol. The third-order valence-corrected chi connectivity index (χ3v) is 23.7. The number of likely N-dealkylation sites (tertiary alicyclic amines) is 1. The molecule has 5 aliphatic rings. The van der Waals surface area contributed by atoms with Crippen molar-refractivity contribution in [1.29, 1.82) is 0 Å². The fourth-order valence-corrected chi connectivity index (χ4v) is 17.4. The predicted octanol–water partition coefficient (Wildman–Crippen LogP) is 13.2. The van der Waals surface area contributed by atoms with Gasteiger partial charge in [0.05, 0.1) is 112 Å². The van der Waals surface area contributed by atoms with Gasteiger partial charge in [-0.3, -0.25) is 19.4 Å². The van der Waals surface area contributed by atoms with Crippen LogP contribution in [-0.4, -0.2) is 187 Å². The topological polar surface area (TPSA) is 311 Å². The molecule has 1 aliphatic carbocycles. The molecule has 13 heterocycles. The van der Waals surface area contributed by atoms with Crippen LogP contribution in [0.5, 0.6) is 11.5 Å². The average molecular weight is 1700 g/mol. The standard InChI is InChI=1S/C30H28ClFN6O2.C29H29ClFN7O3.C28H27ClFN7O3/c1-5-24(39)36-14-19-12-18(36)15-37(19)28-21-13-22(31)26(20-8-6-7-9-23(20)32)34-29(21)38(30(40)35-28)27-17(4)10-11-33-25(27)16(2)3;1-5-20-26(21(6-2)33-15-32-20)38-28-17(13-18(30)25(34-28)24-19(31)9-8-10-22(24)39)27(35-29(38)41)37-12-11-36(14-16(37)4)23(40)7-3;1-3-23(39)34-12-13-35(16(2)15-34)26-18-14-19(29)25(24-20(30)8-5-9-21(24)38)32-27(18)36(28(40)33-26)22-10-11-31-37(22)17-6-4-7-17/h5-11,13,16,18-19H,1,12,14-15H2,2-4H3;7-10,13,15-16,39H,3,5-6,11-12,14H2,1-2,4H3;3,5,8-11,14,16-17,38H,1,4,6-7,12-13,15H2,2H3/t18-,19-;2*16-/m000/s1. The van der Waals surface area contributed by atoms with Crippen molar-refractivity contribution < 1.29 is 37.8 Å². The molecule has 4 atom stereocenters. The molecule has 0 spiro atoms. The van der Waals surface area contributed by atoms with Crippen molar-refractivity contribution >= 4 is 103 Å². The molecule has 12 aromatic rings. The number of hydrogen-bond donors (Lipinski definition) is 2. The van der Waals surface area contributed by atoms with Crippen molar-refractivity contribution in [2.45, 2.75) is 123 Å². The fourth-order valence-electron chi connectivity index (χ4n) is 16.7. The maximum absolute atomic E-state index is 15.0. The largest absolute Gasteiger partial charge is 0.507 e. The van der Waals surface area contributed by atoms with E-state index in [4.69, 9.17) is 49.8 Å². The molecule has 1 saturated carbocycles. The van der Waals surface area contributed by atoms with E-state index in [0.29, 0.717) is 133 Å². The van der Waals surface area contributed by atoms with E-state index in [9.17, 15) is 47.8 Å². The maximum atomic E-state index is 15.0. The summed E-state index contributed by atoms with van der Waals surface area (Å²) in [6.45, 7) is 27.8. The van der Waals surface area contributed by atoms with Crippen molar-refractivity contribution in [3.05, 3.63) is 234 Å². The van der Waals surface area contributed by atoms with Crippen molar-refractivity contribution in [2.75, 3.05) is 67.1 Å². The van der Waals surface area contributed by atoms with Gasteiger partial charge in [0.15, 0.2) is 16.9 Å². The second-order valence-corrected chi connectivity index (χ2v) is 31.7. The van der Waals surface area contributed by atoms with E-state index in [2.05, 4.69) is 59.6 Å². The molecule has 622 valence electrons. The van der Waals surface area contributed by atoms with Crippen LogP contribution in [0.4, 0.5) is 30.6 Å². The monoisotopic (exact) mass is 1700 g/mol. The molecule has 2 bridgehead atoms. The summed E-state index contributed by atoms with van der Waals surface area (Å²) >= 11 is 20.2. The summed E-state index contributed by atoms with van der Waals surface area (Å²) in [6.07, 6.45) is 13.4. The lowest BCUT2D eigenvalue weighted by atomic mass is 9.93. The fraction of sp³-hybridized carbons (Fsp3) is 0.310. The Bertz CT molecular complexity index is 6350. The Morgan fingerprint density at radius 3 is 1.48 bits per heavy atom. The van der Waals surface area contributed by atoms with Crippen LogP contribution in [0.2, 0.25) is 15.1 Å². The lowest BCUT2D eigenvalue weighted by Crippen LogP contribution is -2.54. The number of carbonyl (C=O) groups excluding carboxylic acids is 3. The molecule has 4 aliphatic heterocycles. The molecular formula is C87H84Cl3F3N20O8. The first kappa shape index (κ1) is 83.3. The van der Waals surface area contributed by atoms with Gasteiger partial charge >= 0.3 is 17.1 Å². The first-order valence-electron chi connectivity index (χ1n) is 39.7. The summed E-state index contributed by atoms with van der Waals surface area (Å²) < 4.78 is 50.8. The Morgan fingerprint density at radius 2 is 1.02 bits per heavy atom. The summed E-state index contributed by atoms with van der Waals surface area (Å²) in [5.74, 6) is -1.34. The number of phenolic OH excluding ortho intramolecular Hbond substituents is 2. The van der Waals surface area contributed by atoms with Gasteiger partial charge in [-0.05, 0) is 150 Å². The SMILES string of the molecule is C=CC(=O)N1CCN(c2nc(=O)n(-c3c(CC)ncnc3CC)c3nc(-c4c(O)cccc4F)c(Cl)cc23)[C@@H](C)C1.C=CC(=O)N1CCN(c2nc(=O)n(-c3ccnn3C3CCC3)c3nc(-c4c(O)cccc4F)c(Cl)cc23)[C@@H](C)C1.C=CC(=O)N1C[C@@H]2C[C@H]1CN2c1nc(=O)n(-c2c(C)ccnc2C(C)C)c2nc(-c3ccccc3F)c(Cl)cc12. The minimum Gasteiger partial charge on any atom is -0.507 e. The summed E-state index contributed by atoms with van der Waals surface area (Å²) in [4.78, 5) is 131. The van der Waals surface area contributed by atoms with E-state index >= 15 is 4.39 Å². The second kappa shape index (κ2) is 34.2. The molecule has 28 nitrogen and oxygen atoms in total. The molecule has 34 heteroatoms. The van der Waals surface area contributed by atoms with E-state index in [1.165, 1.54) is 80.7 Å². The molecule has 2 N–H and O–H groups in total. The molecule has 4 saturated heterocycles. The third kappa shape index (κ3) is 15.3. The number of amides is 3. The van der Waals surface area contributed by atoms with Crippen molar-refractivity contribution in [3.63, 3.8) is 0 Å². The number of hydrogen-bond acceptors (Lipinski definition) is 21. The van der Waals surface area contributed by atoms with Gasteiger partial charge in [-0.2, -0.15) is 20.1 Å². The third-order valence-electron chi connectivity index (χ3n) is 22.8. The lowest BCUT2D eigenvalue weighted by molar-refractivity contribution is -0.127. The zero-order valence-corrected chi connectivity index (χ0v) is 69.4. The van der Waals surface area contributed by atoms with Crippen LogP contribution >= 0.6 is 34.8 Å². The molecule has 9 aromatic heterocycles. The van der Waals surface area contributed by atoms with E-state index in [-0.39, 0.29) is 125 Å². The molecule has 5 fully saturated rings. The van der Waals surface area contributed by atoms with Crippen LogP contribution in [0.3, 0.4) is 0 Å². The number of aromatic nitrogens is 14. The van der Waals surface area contributed by atoms with Crippen LogP contribution in [0.25, 0.3) is 84.1 Å².